The van der Waals surface area contributed by atoms with Crippen LogP contribution in [0.25, 0.3) is 0 Å². The molecule has 0 aliphatic carbocycles. The molecule has 1 heterocycles. The summed E-state index contributed by atoms with van der Waals surface area (Å²) in [7, 11) is 0. The van der Waals surface area contributed by atoms with Crippen LogP contribution in [0.4, 0.5) is 0 Å². The first-order valence-corrected chi connectivity index (χ1v) is 6.63. The van der Waals surface area contributed by atoms with Crippen LogP contribution >= 0.6 is 15.9 Å². The van der Waals surface area contributed by atoms with Crippen LogP contribution in [0.3, 0.4) is 0 Å². The van der Waals surface area contributed by atoms with Crippen molar-refractivity contribution in [2.45, 2.75) is 19.3 Å². The molecule has 1 atom stereocenters. The molecule has 0 radical (unpaired) electrons. The van der Waals surface area contributed by atoms with Crippen molar-refractivity contribution >= 4 is 15.9 Å². The molecule has 0 aromatic heterocycles. The van der Waals surface area contributed by atoms with E-state index in [9.17, 15) is 5.26 Å². The lowest BCUT2D eigenvalue weighted by atomic mass is 9.65. The van der Waals surface area contributed by atoms with E-state index in [1.807, 2.05) is 12.1 Å². The van der Waals surface area contributed by atoms with Crippen LogP contribution in [-0.2, 0) is 10.2 Å². The van der Waals surface area contributed by atoms with E-state index in [0.29, 0.717) is 19.1 Å². The molecule has 3 heteroatoms. The van der Waals surface area contributed by atoms with Gasteiger partial charge in [0.05, 0.1) is 30.6 Å². The molecule has 1 fully saturated rings. The van der Waals surface area contributed by atoms with E-state index in [1.54, 1.807) is 0 Å². The van der Waals surface area contributed by atoms with E-state index >= 15 is 0 Å². The van der Waals surface area contributed by atoms with Gasteiger partial charge in [-0.05, 0) is 23.6 Å². The first-order valence-electron chi connectivity index (χ1n) is 5.83. The Bertz CT molecular complexity index is 446. The molecule has 1 aliphatic rings. The van der Waals surface area contributed by atoms with Crippen molar-refractivity contribution in [1.29, 1.82) is 5.26 Å². The zero-order valence-corrected chi connectivity index (χ0v) is 11.7. The van der Waals surface area contributed by atoms with Crippen molar-refractivity contribution in [2.24, 2.45) is 11.8 Å². The van der Waals surface area contributed by atoms with Crippen molar-refractivity contribution in [3.8, 4) is 6.07 Å². The lowest BCUT2D eigenvalue weighted by Gasteiger charge is -2.46. The third-order valence-electron chi connectivity index (χ3n) is 3.52. The van der Waals surface area contributed by atoms with Crippen LogP contribution < -0.4 is 0 Å². The Morgan fingerprint density at radius 3 is 2.53 bits per heavy atom. The van der Waals surface area contributed by atoms with Crippen LogP contribution in [0.1, 0.15) is 19.4 Å². The second kappa shape index (κ2) is 4.80. The molecule has 1 saturated heterocycles. The molecule has 2 rings (SSSR count). The minimum absolute atomic E-state index is 0.00514. The predicted molar refractivity (Wildman–Crippen MR) is 70.6 cm³/mol. The van der Waals surface area contributed by atoms with Crippen LogP contribution in [0.15, 0.2) is 28.7 Å². The minimum Gasteiger partial charge on any atom is -0.379 e. The summed E-state index contributed by atoms with van der Waals surface area (Å²) in [5.74, 6) is 0.341. The Kier molecular flexibility index (Phi) is 3.56. The summed E-state index contributed by atoms with van der Waals surface area (Å²) in [5, 5.41) is 9.41. The summed E-state index contributed by atoms with van der Waals surface area (Å²) < 4.78 is 6.46. The van der Waals surface area contributed by atoms with Gasteiger partial charge < -0.3 is 4.74 Å². The third-order valence-corrected chi connectivity index (χ3v) is 4.01. The highest BCUT2D eigenvalue weighted by Gasteiger charge is 2.48. The summed E-state index contributed by atoms with van der Waals surface area (Å²) >= 11 is 3.49. The molecule has 1 aromatic rings. The van der Waals surface area contributed by atoms with E-state index in [0.717, 1.165) is 4.47 Å². The summed E-state index contributed by atoms with van der Waals surface area (Å²) in [5.41, 5.74) is 1.09. The van der Waals surface area contributed by atoms with E-state index in [-0.39, 0.29) is 11.3 Å². The molecule has 0 bridgehead atoms. The Hall–Kier alpha value is -0.850. The molecule has 0 amide bonds. The molecule has 17 heavy (non-hydrogen) atoms. The highest BCUT2D eigenvalue weighted by Crippen LogP contribution is 2.43. The van der Waals surface area contributed by atoms with Gasteiger partial charge in [0.15, 0.2) is 0 Å². The molecule has 2 nitrogen and oxygen atoms in total. The number of rotatable bonds is 3. The maximum absolute atomic E-state index is 9.41. The lowest BCUT2D eigenvalue weighted by Crippen LogP contribution is -2.53. The monoisotopic (exact) mass is 293 g/mol. The number of ether oxygens (including phenoxy) is 1. The number of benzene rings is 1. The topological polar surface area (TPSA) is 33.0 Å². The second-order valence-corrected chi connectivity index (χ2v) is 5.93. The molecule has 0 spiro atoms. The van der Waals surface area contributed by atoms with Crippen LogP contribution in [-0.4, -0.2) is 13.2 Å². The average molecular weight is 294 g/mol. The third kappa shape index (κ3) is 2.12. The van der Waals surface area contributed by atoms with Gasteiger partial charge in [0.1, 0.15) is 0 Å². The maximum Gasteiger partial charge on any atom is 0.0669 e. The summed E-state index contributed by atoms with van der Waals surface area (Å²) in [6.45, 7) is 5.51. The summed E-state index contributed by atoms with van der Waals surface area (Å²) in [4.78, 5) is 0. The fraction of sp³-hybridized carbons (Fsp3) is 0.500. The van der Waals surface area contributed by atoms with Gasteiger partial charge in [-0.1, -0.05) is 41.9 Å². The molecule has 1 aromatic carbocycles. The average Bonchev–Trinajstić information content (AvgIpc) is 2.22. The lowest BCUT2D eigenvalue weighted by molar-refractivity contribution is -0.0877. The summed E-state index contributed by atoms with van der Waals surface area (Å²) in [6, 6.07) is 10.7. The van der Waals surface area contributed by atoms with Crippen LogP contribution in [0.5, 0.6) is 0 Å². The van der Waals surface area contributed by atoms with E-state index in [4.69, 9.17) is 4.74 Å². The zero-order valence-electron chi connectivity index (χ0n) is 10.1. The zero-order chi connectivity index (χ0) is 12.5. The van der Waals surface area contributed by atoms with Crippen molar-refractivity contribution < 1.29 is 4.74 Å². The van der Waals surface area contributed by atoms with Gasteiger partial charge >= 0.3 is 0 Å². The first-order chi connectivity index (χ1) is 8.10. The Balaban J connectivity index is 2.41. The normalized spacial score (nSPS) is 19.5. The molecular weight excluding hydrogens is 278 g/mol. The molecule has 1 aliphatic heterocycles. The molecule has 0 N–H and O–H groups in total. The van der Waals surface area contributed by atoms with Crippen molar-refractivity contribution in [1.82, 2.24) is 0 Å². The van der Waals surface area contributed by atoms with Gasteiger partial charge in [-0.2, -0.15) is 5.26 Å². The van der Waals surface area contributed by atoms with E-state index in [1.165, 1.54) is 5.56 Å². The quantitative estimate of drug-likeness (QED) is 0.854. The van der Waals surface area contributed by atoms with Crippen molar-refractivity contribution in [3.05, 3.63) is 34.3 Å². The summed E-state index contributed by atoms with van der Waals surface area (Å²) in [6.07, 6.45) is 0. The van der Waals surface area contributed by atoms with Gasteiger partial charge in [-0.15, -0.1) is 0 Å². The Labute approximate surface area is 111 Å². The maximum atomic E-state index is 9.41. The largest absolute Gasteiger partial charge is 0.379 e. The number of hydrogen-bond acceptors (Lipinski definition) is 2. The predicted octanol–water partition coefficient (Wildman–Crippen LogP) is 3.51. The SMILES string of the molecule is CC(C)C(C#N)C1(c2cccc(Br)c2)COC1. The first kappa shape index (κ1) is 12.6. The molecule has 1 unspecified atom stereocenters. The van der Waals surface area contributed by atoms with Crippen LogP contribution in [0, 0.1) is 23.2 Å². The Morgan fingerprint density at radius 2 is 2.12 bits per heavy atom. The van der Waals surface area contributed by atoms with Gasteiger partial charge in [0.2, 0.25) is 0 Å². The fourth-order valence-corrected chi connectivity index (χ4v) is 2.96. The number of nitriles is 1. The van der Waals surface area contributed by atoms with Crippen molar-refractivity contribution in [3.63, 3.8) is 0 Å². The van der Waals surface area contributed by atoms with Gasteiger partial charge in [0, 0.05) is 4.47 Å². The Morgan fingerprint density at radius 1 is 1.41 bits per heavy atom. The molecule has 0 saturated carbocycles. The minimum atomic E-state index is -0.118. The van der Waals surface area contributed by atoms with Crippen molar-refractivity contribution in [2.75, 3.05) is 13.2 Å². The standard InChI is InChI=1S/C14H16BrNO/c1-10(2)13(7-16)14(8-17-9-14)11-4-3-5-12(15)6-11/h3-6,10,13H,8-9H2,1-2H3. The number of halogens is 1. The van der Waals surface area contributed by atoms with Gasteiger partial charge in [-0.25, -0.2) is 0 Å². The smallest absolute Gasteiger partial charge is 0.0669 e. The number of nitrogens with zero attached hydrogens (tertiary/aromatic N) is 1. The van der Waals surface area contributed by atoms with E-state index < -0.39 is 0 Å². The molecular formula is C14H16BrNO. The number of hydrogen-bond donors (Lipinski definition) is 0. The highest BCUT2D eigenvalue weighted by atomic mass is 79.9. The van der Waals surface area contributed by atoms with Gasteiger partial charge in [-0.3, -0.25) is 0 Å². The molecule has 90 valence electrons. The second-order valence-electron chi connectivity index (χ2n) is 5.01. The van der Waals surface area contributed by atoms with E-state index in [2.05, 4.69) is 48.0 Å². The van der Waals surface area contributed by atoms with Gasteiger partial charge in [0.25, 0.3) is 0 Å². The highest BCUT2D eigenvalue weighted by molar-refractivity contribution is 9.10. The fourth-order valence-electron chi connectivity index (χ4n) is 2.56. The van der Waals surface area contributed by atoms with Crippen LogP contribution in [0.2, 0.25) is 0 Å².